The van der Waals surface area contributed by atoms with Gasteiger partial charge in [0, 0.05) is 15.6 Å². The molecule has 0 saturated heterocycles. The lowest BCUT2D eigenvalue weighted by Crippen LogP contribution is -2.21. The first kappa shape index (κ1) is 19.8. The van der Waals surface area contributed by atoms with Crippen LogP contribution in [0.15, 0.2) is 66.0 Å². The van der Waals surface area contributed by atoms with E-state index < -0.39 is 18.5 Å². The van der Waals surface area contributed by atoms with Crippen LogP contribution in [0.25, 0.3) is 11.6 Å². The smallest absolute Gasteiger partial charge is 0.340 e. The standard InChI is InChI=1S/C21H15ClFNO3S/c22-15-3-1-4-17(12-15)24-20(25)13-27-21(26)18(19-5-2-10-28-19)11-14-6-8-16(23)9-7-14/h1-12H,13H2,(H,24,25)/b18-11+. The Labute approximate surface area is 170 Å². The number of carbonyl (C=O) groups is 2. The average molecular weight is 416 g/mol. The van der Waals surface area contributed by atoms with Crippen LogP contribution in [0.3, 0.4) is 0 Å². The quantitative estimate of drug-likeness (QED) is 0.441. The molecule has 142 valence electrons. The minimum absolute atomic E-state index is 0.289. The normalized spacial score (nSPS) is 11.1. The predicted octanol–water partition coefficient (Wildman–Crippen LogP) is 5.26. The number of thiophene rings is 1. The second-order valence-corrected chi connectivity index (χ2v) is 7.11. The van der Waals surface area contributed by atoms with Crippen LogP contribution >= 0.6 is 22.9 Å². The zero-order valence-corrected chi connectivity index (χ0v) is 16.1. The molecule has 0 fully saturated rings. The molecule has 0 spiro atoms. The maximum absolute atomic E-state index is 13.1. The molecule has 7 heteroatoms. The number of halogens is 2. The Kier molecular flexibility index (Phi) is 6.57. The first-order valence-corrected chi connectivity index (χ1v) is 9.51. The number of ether oxygens (including phenoxy) is 1. The van der Waals surface area contributed by atoms with Crippen LogP contribution in [0.1, 0.15) is 10.4 Å². The van der Waals surface area contributed by atoms with Gasteiger partial charge in [0.1, 0.15) is 5.82 Å². The van der Waals surface area contributed by atoms with Crippen molar-refractivity contribution in [3.05, 3.63) is 87.3 Å². The largest absolute Gasteiger partial charge is 0.452 e. The molecule has 28 heavy (non-hydrogen) atoms. The van der Waals surface area contributed by atoms with Crippen LogP contribution in [0.4, 0.5) is 10.1 Å². The average Bonchev–Trinajstić information content (AvgIpc) is 3.20. The van der Waals surface area contributed by atoms with Crippen molar-refractivity contribution in [3.8, 4) is 0 Å². The summed E-state index contributed by atoms with van der Waals surface area (Å²) in [5.41, 5.74) is 1.44. The minimum Gasteiger partial charge on any atom is -0.452 e. The third-order valence-corrected chi connectivity index (χ3v) is 4.77. The van der Waals surface area contributed by atoms with E-state index >= 15 is 0 Å². The van der Waals surface area contributed by atoms with Crippen molar-refractivity contribution in [2.75, 3.05) is 11.9 Å². The lowest BCUT2D eigenvalue weighted by Gasteiger charge is -2.09. The number of anilines is 1. The maximum Gasteiger partial charge on any atom is 0.340 e. The van der Waals surface area contributed by atoms with Gasteiger partial charge < -0.3 is 10.1 Å². The Morgan fingerprint density at radius 1 is 1.11 bits per heavy atom. The van der Waals surface area contributed by atoms with Crippen molar-refractivity contribution in [2.24, 2.45) is 0 Å². The number of carbonyl (C=O) groups excluding carboxylic acids is 2. The molecule has 2 aromatic carbocycles. The second kappa shape index (κ2) is 9.30. The topological polar surface area (TPSA) is 55.4 Å². The van der Waals surface area contributed by atoms with E-state index in [1.165, 1.54) is 23.5 Å². The van der Waals surface area contributed by atoms with Gasteiger partial charge in [-0.1, -0.05) is 35.9 Å². The molecule has 0 aliphatic heterocycles. The molecular formula is C21H15ClFNO3S. The lowest BCUT2D eigenvalue weighted by molar-refractivity contribution is -0.141. The van der Waals surface area contributed by atoms with Gasteiger partial charge in [-0.3, -0.25) is 4.79 Å². The van der Waals surface area contributed by atoms with Gasteiger partial charge in [-0.25, -0.2) is 9.18 Å². The van der Waals surface area contributed by atoms with E-state index in [1.54, 1.807) is 54.6 Å². The fourth-order valence-corrected chi connectivity index (χ4v) is 3.28. The van der Waals surface area contributed by atoms with E-state index in [0.717, 1.165) is 0 Å². The van der Waals surface area contributed by atoms with E-state index in [4.69, 9.17) is 16.3 Å². The molecule has 1 aromatic heterocycles. The highest BCUT2D eigenvalue weighted by Gasteiger charge is 2.16. The molecule has 3 rings (SSSR count). The Balaban J connectivity index is 1.69. The number of benzene rings is 2. The highest BCUT2D eigenvalue weighted by atomic mass is 35.5. The zero-order chi connectivity index (χ0) is 19.9. The Bertz CT molecular complexity index is 1000. The number of hydrogen-bond acceptors (Lipinski definition) is 4. The number of rotatable bonds is 6. The summed E-state index contributed by atoms with van der Waals surface area (Å²) in [4.78, 5) is 25.3. The number of nitrogens with one attached hydrogen (secondary N) is 1. The second-order valence-electron chi connectivity index (χ2n) is 5.72. The minimum atomic E-state index is -0.645. The van der Waals surface area contributed by atoms with Crippen molar-refractivity contribution in [2.45, 2.75) is 0 Å². The van der Waals surface area contributed by atoms with Gasteiger partial charge in [-0.2, -0.15) is 0 Å². The van der Waals surface area contributed by atoms with Crippen LogP contribution in [0.2, 0.25) is 5.02 Å². The molecular weight excluding hydrogens is 401 g/mol. The van der Waals surface area contributed by atoms with Gasteiger partial charge in [0.05, 0.1) is 5.57 Å². The van der Waals surface area contributed by atoms with Crippen molar-refractivity contribution in [3.63, 3.8) is 0 Å². The Morgan fingerprint density at radius 3 is 2.57 bits per heavy atom. The Hall–Kier alpha value is -2.96. The number of hydrogen-bond donors (Lipinski definition) is 1. The van der Waals surface area contributed by atoms with E-state index in [9.17, 15) is 14.0 Å². The van der Waals surface area contributed by atoms with Gasteiger partial charge in [-0.05, 0) is 53.4 Å². The molecule has 0 atom stereocenters. The molecule has 0 aliphatic rings. The van der Waals surface area contributed by atoms with Gasteiger partial charge >= 0.3 is 5.97 Å². The van der Waals surface area contributed by atoms with E-state index in [0.29, 0.717) is 21.2 Å². The third kappa shape index (κ3) is 5.52. The Morgan fingerprint density at radius 2 is 1.89 bits per heavy atom. The van der Waals surface area contributed by atoms with E-state index in [2.05, 4.69) is 5.32 Å². The van der Waals surface area contributed by atoms with Crippen LogP contribution < -0.4 is 5.32 Å². The molecule has 1 heterocycles. The van der Waals surface area contributed by atoms with E-state index in [1.807, 2.05) is 5.38 Å². The number of amides is 1. The van der Waals surface area contributed by atoms with Gasteiger partial charge in [0.2, 0.25) is 0 Å². The molecule has 0 aliphatic carbocycles. The molecule has 1 amide bonds. The van der Waals surface area contributed by atoms with Crippen molar-refractivity contribution < 1.29 is 18.7 Å². The summed E-state index contributed by atoms with van der Waals surface area (Å²) >= 11 is 7.24. The summed E-state index contributed by atoms with van der Waals surface area (Å²) < 4.78 is 18.3. The first-order valence-electron chi connectivity index (χ1n) is 8.25. The summed E-state index contributed by atoms with van der Waals surface area (Å²) in [6.07, 6.45) is 1.60. The summed E-state index contributed by atoms with van der Waals surface area (Å²) in [6, 6.07) is 16.0. The van der Waals surface area contributed by atoms with Crippen LogP contribution in [0.5, 0.6) is 0 Å². The highest BCUT2D eigenvalue weighted by Crippen LogP contribution is 2.24. The summed E-state index contributed by atoms with van der Waals surface area (Å²) in [7, 11) is 0. The van der Waals surface area contributed by atoms with Crippen LogP contribution in [-0.2, 0) is 14.3 Å². The maximum atomic E-state index is 13.1. The molecule has 1 N–H and O–H groups in total. The first-order chi connectivity index (χ1) is 13.5. The SMILES string of the molecule is O=C(COC(=O)/C(=C/c1ccc(F)cc1)c1cccs1)Nc1cccc(Cl)c1. The number of esters is 1. The van der Waals surface area contributed by atoms with Crippen LogP contribution in [-0.4, -0.2) is 18.5 Å². The predicted molar refractivity (Wildman–Crippen MR) is 110 cm³/mol. The van der Waals surface area contributed by atoms with Crippen molar-refractivity contribution in [1.29, 1.82) is 0 Å². The molecule has 0 saturated carbocycles. The summed E-state index contributed by atoms with van der Waals surface area (Å²) in [6.45, 7) is -0.447. The fourth-order valence-electron chi connectivity index (χ4n) is 2.36. The van der Waals surface area contributed by atoms with Gasteiger partial charge in [0.15, 0.2) is 6.61 Å². The molecule has 0 unspecified atom stereocenters. The van der Waals surface area contributed by atoms with Gasteiger partial charge in [0.25, 0.3) is 5.91 Å². The fraction of sp³-hybridized carbons (Fsp3) is 0.0476. The summed E-state index contributed by atoms with van der Waals surface area (Å²) in [5, 5.41) is 4.92. The molecule has 3 aromatic rings. The molecule has 0 bridgehead atoms. The summed E-state index contributed by atoms with van der Waals surface area (Å²) in [5.74, 6) is -1.49. The van der Waals surface area contributed by atoms with Crippen LogP contribution in [0, 0.1) is 5.82 Å². The molecule has 0 radical (unpaired) electrons. The van der Waals surface area contributed by atoms with Crippen molar-refractivity contribution >= 4 is 52.2 Å². The monoisotopic (exact) mass is 415 g/mol. The highest BCUT2D eigenvalue weighted by molar-refractivity contribution is 7.11. The third-order valence-electron chi connectivity index (χ3n) is 3.63. The lowest BCUT2D eigenvalue weighted by atomic mass is 10.1. The van der Waals surface area contributed by atoms with Crippen molar-refractivity contribution in [1.82, 2.24) is 0 Å². The van der Waals surface area contributed by atoms with Gasteiger partial charge in [-0.15, -0.1) is 11.3 Å². The zero-order valence-electron chi connectivity index (χ0n) is 14.5. The van der Waals surface area contributed by atoms with E-state index in [-0.39, 0.29) is 11.4 Å². The molecule has 4 nitrogen and oxygen atoms in total.